The van der Waals surface area contributed by atoms with Crippen LogP contribution < -0.4 is 16.0 Å². The Labute approximate surface area is 138 Å². The highest BCUT2D eigenvalue weighted by molar-refractivity contribution is 5.83. The smallest absolute Gasteiger partial charge is 0.269 e. The van der Waals surface area contributed by atoms with E-state index < -0.39 is 28.6 Å². The van der Waals surface area contributed by atoms with Crippen LogP contribution in [0.5, 0.6) is 0 Å². The summed E-state index contributed by atoms with van der Waals surface area (Å²) in [6, 6.07) is 5.47. The number of rotatable bonds is 8. The lowest BCUT2D eigenvalue weighted by molar-refractivity contribution is -0.384. The average molecular weight is 336 g/mol. The average Bonchev–Trinajstić information content (AvgIpc) is 2.53. The topological polar surface area (TPSA) is 141 Å². The molecule has 1 atom stereocenters. The van der Waals surface area contributed by atoms with Gasteiger partial charge in [0.05, 0.1) is 11.3 Å². The standard InChI is InChI=1S/C15H19N3O6/c1-2-11(15(21)22)5-8-13(19)16-17-14(20)9-10-3-6-12(7-4-10)18(23)24/h3-4,6-7,11H,2,5,8-9H2,1H3,(H,16,19)(H,17,20)(H,21,22)/p-1/t11-/m0/s1. The molecule has 0 heterocycles. The van der Waals surface area contributed by atoms with Gasteiger partial charge in [0.1, 0.15) is 0 Å². The number of nitrogens with one attached hydrogen (secondary N) is 2. The number of hydrogen-bond acceptors (Lipinski definition) is 6. The molecule has 0 spiro atoms. The number of nitrogens with zero attached hydrogens (tertiary/aromatic N) is 1. The van der Waals surface area contributed by atoms with Crippen molar-refractivity contribution < 1.29 is 24.4 Å². The van der Waals surface area contributed by atoms with Gasteiger partial charge in [-0.25, -0.2) is 0 Å². The summed E-state index contributed by atoms with van der Waals surface area (Å²) in [5, 5.41) is 21.2. The van der Waals surface area contributed by atoms with Crippen molar-refractivity contribution in [2.24, 2.45) is 5.92 Å². The zero-order valence-corrected chi connectivity index (χ0v) is 13.1. The predicted molar refractivity (Wildman–Crippen MR) is 81.1 cm³/mol. The number of aliphatic carboxylic acids is 1. The van der Waals surface area contributed by atoms with Crippen molar-refractivity contribution in [3.63, 3.8) is 0 Å². The lowest BCUT2D eigenvalue weighted by atomic mass is 10.0. The minimum absolute atomic E-state index is 0.0513. The van der Waals surface area contributed by atoms with Gasteiger partial charge < -0.3 is 9.90 Å². The van der Waals surface area contributed by atoms with Crippen LogP contribution >= 0.6 is 0 Å². The van der Waals surface area contributed by atoms with Crippen molar-refractivity contribution >= 4 is 23.5 Å². The van der Waals surface area contributed by atoms with E-state index in [1.165, 1.54) is 24.3 Å². The van der Waals surface area contributed by atoms with Crippen molar-refractivity contribution in [2.75, 3.05) is 0 Å². The lowest BCUT2D eigenvalue weighted by Crippen LogP contribution is -2.42. The summed E-state index contributed by atoms with van der Waals surface area (Å²) in [5.41, 5.74) is 4.87. The first kappa shape index (κ1) is 19.1. The van der Waals surface area contributed by atoms with E-state index in [0.717, 1.165) is 0 Å². The zero-order valence-electron chi connectivity index (χ0n) is 13.1. The summed E-state index contributed by atoms with van der Waals surface area (Å²) in [6.07, 6.45) is 0.379. The molecule has 2 amide bonds. The van der Waals surface area contributed by atoms with Crippen molar-refractivity contribution in [3.05, 3.63) is 39.9 Å². The minimum atomic E-state index is -1.20. The molecule has 1 aromatic rings. The summed E-state index contributed by atoms with van der Waals surface area (Å²) in [6.45, 7) is 1.68. The highest BCUT2D eigenvalue weighted by atomic mass is 16.6. The molecule has 0 radical (unpaired) electrons. The van der Waals surface area contributed by atoms with E-state index in [1.54, 1.807) is 6.92 Å². The third kappa shape index (κ3) is 6.42. The molecular formula is C15H18N3O6-. The van der Waals surface area contributed by atoms with Crippen LogP contribution in [0.3, 0.4) is 0 Å². The number of non-ortho nitro benzene ring substituents is 1. The second-order valence-electron chi connectivity index (χ2n) is 5.16. The molecule has 0 aliphatic heterocycles. The fraction of sp³-hybridized carbons (Fsp3) is 0.400. The van der Waals surface area contributed by atoms with E-state index >= 15 is 0 Å². The zero-order chi connectivity index (χ0) is 18.1. The number of nitro benzene ring substituents is 1. The first-order valence-corrected chi connectivity index (χ1v) is 7.35. The Kier molecular flexibility index (Phi) is 7.34. The Morgan fingerprint density at radius 1 is 1.12 bits per heavy atom. The molecule has 0 fully saturated rings. The number of hydrogen-bond donors (Lipinski definition) is 2. The molecule has 0 aliphatic rings. The molecule has 24 heavy (non-hydrogen) atoms. The molecule has 0 aliphatic carbocycles. The Morgan fingerprint density at radius 2 is 1.71 bits per heavy atom. The summed E-state index contributed by atoms with van der Waals surface area (Å²) in [5.74, 6) is -2.91. The van der Waals surface area contributed by atoms with Gasteiger partial charge >= 0.3 is 0 Å². The van der Waals surface area contributed by atoms with Crippen LogP contribution in [0.15, 0.2) is 24.3 Å². The Balaban J connectivity index is 2.36. The molecule has 1 aromatic carbocycles. The molecule has 130 valence electrons. The molecule has 9 heteroatoms. The number of hydrazine groups is 1. The molecule has 9 nitrogen and oxygen atoms in total. The highest BCUT2D eigenvalue weighted by Gasteiger charge is 2.12. The van der Waals surface area contributed by atoms with Crippen LogP contribution in [0, 0.1) is 16.0 Å². The third-order valence-corrected chi connectivity index (χ3v) is 3.40. The summed E-state index contributed by atoms with van der Waals surface area (Å²) < 4.78 is 0. The van der Waals surface area contributed by atoms with Crippen LogP contribution in [0.25, 0.3) is 0 Å². The van der Waals surface area contributed by atoms with E-state index in [-0.39, 0.29) is 24.9 Å². The highest BCUT2D eigenvalue weighted by Crippen LogP contribution is 2.12. The van der Waals surface area contributed by atoms with Crippen LogP contribution in [-0.4, -0.2) is 22.7 Å². The van der Waals surface area contributed by atoms with Gasteiger partial charge in [-0.05, 0) is 24.3 Å². The number of carboxylic acid groups (broad SMARTS) is 1. The fourth-order valence-corrected chi connectivity index (χ4v) is 1.96. The van der Waals surface area contributed by atoms with Crippen molar-refractivity contribution in [2.45, 2.75) is 32.6 Å². The van der Waals surface area contributed by atoms with Gasteiger partial charge in [-0.3, -0.25) is 30.6 Å². The van der Waals surface area contributed by atoms with Gasteiger partial charge in [0.2, 0.25) is 11.8 Å². The molecule has 0 saturated carbocycles. The first-order chi connectivity index (χ1) is 11.3. The van der Waals surface area contributed by atoms with Gasteiger partial charge in [-0.2, -0.15) is 0 Å². The summed E-state index contributed by atoms with van der Waals surface area (Å²) in [7, 11) is 0. The van der Waals surface area contributed by atoms with Gasteiger partial charge in [0.25, 0.3) is 5.69 Å². The monoisotopic (exact) mass is 336 g/mol. The number of carboxylic acids is 1. The minimum Gasteiger partial charge on any atom is -0.550 e. The maximum Gasteiger partial charge on any atom is 0.269 e. The van der Waals surface area contributed by atoms with Gasteiger partial charge in [-0.1, -0.05) is 19.1 Å². The molecule has 0 saturated heterocycles. The van der Waals surface area contributed by atoms with E-state index in [2.05, 4.69) is 10.9 Å². The van der Waals surface area contributed by atoms with Gasteiger partial charge in [-0.15, -0.1) is 0 Å². The normalized spacial score (nSPS) is 11.4. The molecule has 1 rings (SSSR count). The number of carbonyl (C=O) groups excluding carboxylic acids is 3. The van der Waals surface area contributed by atoms with Crippen molar-refractivity contribution in [1.82, 2.24) is 10.9 Å². The largest absolute Gasteiger partial charge is 0.550 e. The van der Waals surface area contributed by atoms with Crippen LogP contribution in [-0.2, 0) is 20.8 Å². The second-order valence-corrected chi connectivity index (χ2v) is 5.16. The van der Waals surface area contributed by atoms with E-state index in [9.17, 15) is 29.6 Å². The van der Waals surface area contributed by atoms with E-state index in [0.29, 0.717) is 12.0 Å². The number of benzene rings is 1. The predicted octanol–water partition coefficient (Wildman–Crippen LogP) is -0.159. The summed E-state index contributed by atoms with van der Waals surface area (Å²) >= 11 is 0. The quantitative estimate of drug-likeness (QED) is 0.499. The number of carbonyl (C=O) groups is 3. The lowest BCUT2D eigenvalue weighted by Gasteiger charge is -2.15. The molecule has 0 unspecified atom stereocenters. The van der Waals surface area contributed by atoms with Gasteiger partial charge in [0.15, 0.2) is 0 Å². The SMILES string of the molecule is CC[C@@H](CCC(=O)NNC(=O)Cc1ccc([N+](=O)[O-])cc1)C(=O)[O-]. The number of nitro groups is 1. The Morgan fingerprint density at radius 3 is 2.21 bits per heavy atom. The van der Waals surface area contributed by atoms with Crippen LogP contribution in [0.4, 0.5) is 5.69 Å². The third-order valence-electron chi connectivity index (χ3n) is 3.40. The van der Waals surface area contributed by atoms with E-state index in [1.807, 2.05) is 0 Å². The molecule has 0 bridgehead atoms. The number of amides is 2. The first-order valence-electron chi connectivity index (χ1n) is 7.35. The second kappa shape index (κ2) is 9.23. The maximum absolute atomic E-state index is 11.7. The summed E-state index contributed by atoms with van der Waals surface area (Å²) in [4.78, 5) is 43.9. The van der Waals surface area contributed by atoms with Crippen molar-refractivity contribution in [1.29, 1.82) is 0 Å². The molecule has 2 N–H and O–H groups in total. The fourth-order valence-electron chi connectivity index (χ4n) is 1.96. The maximum atomic E-state index is 11.7. The van der Waals surface area contributed by atoms with Gasteiger partial charge in [0, 0.05) is 24.5 Å². The van der Waals surface area contributed by atoms with Crippen LogP contribution in [0.1, 0.15) is 31.7 Å². The van der Waals surface area contributed by atoms with Crippen LogP contribution in [0.2, 0.25) is 0 Å². The van der Waals surface area contributed by atoms with Crippen molar-refractivity contribution in [3.8, 4) is 0 Å². The molecular weight excluding hydrogens is 318 g/mol. The van der Waals surface area contributed by atoms with E-state index in [4.69, 9.17) is 0 Å². The Hall–Kier alpha value is -2.97. The Bertz CT molecular complexity index is 614. The molecule has 0 aromatic heterocycles.